The van der Waals surface area contributed by atoms with Gasteiger partial charge in [-0.05, 0) is 18.2 Å². The average Bonchev–Trinajstić information content (AvgIpc) is 2.77. The molecule has 0 unspecified atom stereocenters. The van der Waals surface area contributed by atoms with Gasteiger partial charge in [0, 0.05) is 6.42 Å². The SMILES string of the molecule is CCC(=O)N(C=O)c1ccc2ncsc2c1. The van der Waals surface area contributed by atoms with Crippen LogP contribution in [0.1, 0.15) is 13.3 Å². The van der Waals surface area contributed by atoms with Crippen molar-refractivity contribution in [3.63, 3.8) is 0 Å². The molecule has 0 spiro atoms. The van der Waals surface area contributed by atoms with Crippen LogP contribution in [0.15, 0.2) is 23.7 Å². The minimum atomic E-state index is -0.209. The van der Waals surface area contributed by atoms with Crippen LogP contribution in [-0.2, 0) is 9.59 Å². The van der Waals surface area contributed by atoms with Gasteiger partial charge in [0.25, 0.3) is 0 Å². The highest BCUT2D eigenvalue weighted by atomic mass is 32.1. The monoisotopic (exact) mass is 234 g/mol. The van der Waals surface area contributed by atoms with Crippen LogP contribution >= 0.6 is 11.3 Å². The number of nitrogens with zero attached hydrogens (tertiary/aromatic N) is 2. The van der Waals surface area contributed by atoms with Crippen LogP contribution in [0, 0.1) is 0 Å². The Hall–Kier alpha value is -1.75. The van der Waals surface area contributed by atoms with Gasteiger partial charge in [-0.1, -0.05) is 6.92 Å². The van der Waals surface area contributed by atoms with Gasteiger partial charge >= 0.3 is 0 Å². The van der Waals surface area contributed by atoms with Gasteiger partial charge in [-0.25, -0.2) is 4.98 Å². The molecule has 1 aromatic carbocycles. The van der Waals surface area contributed by atoms with Crippen LogP contribution in [0.5, 0.6) is 0 Å². The number of imide groups is 1. The van der Waals surface area contributed by atoms with Crippen molar-refractivity contribution < 1.29 is 9.59 Å². The normalized spacial score (nSPS) is 10.3. The largest absolute Gasteiger partial charge is 0.278 e. The molecule has 5 heteroatoms. The summed E-state index contributed by atoms with van der Waals surface area (Å²) in [5.41, 5.74) is 3.21. The molecule has 2 amide bonds. The average molecular weight is 234 g/mol. The molecule has 0 N–H and O–H groups in total. The number of aromatic nitrogens is 1. The fourth-order valence-corrected chi connectivity index (χ4v) is 2.14. The molecular formula is C11H10N2O2S. The number of carbonyl (C=O) groups excluding carboxylic acids is 2. The Bertz CT molecular complexity index is 536. The molecule has 0 aliphatic rings. The molecule has 0 fully saturated rings. The van der Waals surface area contributed by atoms with Crippen molar-refractivity contribution in [2.24, 2.45) is 0 Å². The number of amides is 2. The van der Waals surface area contributed by atoms with Gasteiger partial charge < -0.3 is 0 Å². The number of anilines is 1. The Morgan fingerprint density at radius 3 is 3.06 bits per heavy atom. The number of hydrogen-bond donors (Lipinski definition) is 0. The number of benzene rings is 1. The second kappa shape index (κ2) is 4.40. The van der Waals surface area contributed by atoms with Gasteiger partial charge in [-0.2, -0.15) is 0 Å². The summed E-state index contributed by atoms with van der Waals surface area (Å²) in [5, 5.41) is 0. The van der Waals surface area contributed by atoms with Crippen molar-refractivity contribution in [1.82, 2.24) is 4.98 Å². The van der Waals surface area contributed by atoms with Crippen LogP contribution in [-0.4, -0.2) is 17.3 Å². The van der Waals surface area contributed by atoms with Crippen LogP contribution in [0.25, 0.3) is 10.2 Å². The van der Waals surface area contributed by atoms with E-state index in [4.69, 9.17) is 0 Å². The molecule has 0 saturated carbocycles. The summed E-state index contributed by atoms with van der Waals surface area (Å²) in [7, 11) is 0. The van der Waals surface area contributed by atoms with Gasteiger partial charge in [0.1, 0.15) is 0 Å². The Labute approximate surface area is 96.5 Å². The van der Waals surface area contributed by atoms with Crippen molar-refractivity contribution in [3.05, 3.63) is 23.7 Å². The fourth-order valence-electron chi connectivity index (χ4n) is 1.43. The summed E-state index contributed by atoms with van der Waals surface area (Å²) in [6.45, 7) is 1.73. The van der Waals surface area contributed by atoms with E-state index in [0.29, 0.717) is 18.5 Å². The molecule has 0 bridgehead atoms. The van der Waals surface area contributed by atoms with E-state index in [1.165, 1.54) is 11.3 Å². The third kappa shape index (κ3) is 1.81. The zero-order valence-electron chi connectivity index (χ0n) is 8.71. The minimum absolute atomic E-state index is 0.209. The molecule has 16 heavy (non-hydrogen) atoms. The highest BCUT2D eigenvalue weighted by Gasteiger charge is 2.13. The Morgan fingerprint density at radius 2 is 2.38 bits per heavy atom. The highest BCUT2D eigenvalue weighted by Crippen LogP contribution is 2.24. The molecule has 0 atom stereocenters. The molecule has 0 aliphatic heterocycles. The van der Waals surface area contributed by atoms with Crippen LogP contribution in [0.2, 0.25) is 0 Å². The summed E-state index contributed by atoms with van der Waals surface area (Å²) in [6, 6.07) is 5.33. The van der Waals surface area contributed by atoms with Gasteiger partial charge in [0.15, 0.2) is 0 Å². The maximum absolute atomic E-state index is 11.5. The van der Waals surface area contributed by atoms with Gasteiger partial charge in [-0.15, -0.1) is 11.3 Å². The lowest BCUT2D eigenvalue weighted by molar-refractivity contribution is -0.121. The third-order valence-corrected chi connectivity index (χ3v) is 3.06. The first-order valence-electron chi connectivity index (χ1n) is 4.87. The van der Waals surface area contributed by atoms with E-state index in [2.05, 4.69) is 4.98 Å². The van der Waals surface area contributed by atoms with E-state index in [1.54, 1.807) is 30.6 Å². The van der Waals surface area contributed by atoms with Crippen LogP contribution in [0.4, 0.5) is 5.69 Å². The number of hydrogen-bond acceptors (Lipinski definition) is 4. The Balaban J connectivity index is 2.44. The molecule has 0 saturated heterocycles. The first-order chi connectivity index (χ1) is 7.76. The quantitative estimate of drug-likeness (QED) is 0.765. The molecule has 1 aromatic heterocycles. The van der Waals surface area contributed by atoms with E-state index in [0.717, 1.165) is 15.1 Å². The lowest BCUT2D eigenvalue weighted by atomic mass is 10.2. The molecular weight excluding hydrogens is 224 g/mol. The summed E-state index contributed by atoms with van der Waals surface area (Å²) in [6.07, 6.45) is 0.855. The molecule has 0 radical (unpaired) electrons. The van der Waals surface area contributed by atoms with E-state index >= 15 is 0 Å². The van der Waals surface area contributed by atoms with E-state index < -0.39 is 0 Å². The molecule has 0 aliphatic carbocycles. The maximum atomic E-state index is 11.5. The molecule has 2 rings (SSSR count). The lowest BCUT2D eigenvalue weighted by Gasteiger charge is -2.14. The van der Waals surface area contributed by atoms with Crippen molar-refractivity contribution in [2.45, 2.75) is 13.3 Å². The predicted molar refractivity (Wildman–Crippen MR) is 63.5 cm³/mol. The molecule has 4 nitrogen and oxygen atoms in total. The second-order valence-electron chi connectivity index (χ2n) is 3.23. The van der Waals surface area contributed by atoms with Gasteiger partial charge in [0.05, 0.1) is 21.4 Å². The molecule has 1 heterocycles. The van der Waals surface area contributed by atoms with Crippen molar-refractivity contribution in [3.8, 4) is 0 Å². The summed E-state index contributed by atoms with van der Waals surface area (Å²) in [4.78, 5) is 27.6. The maximum Gasteiger partial charge on any atom is 0.233 e. The number of thiazole rings is 1. The smallest absolute Gasteiger partial charge is 0.233 e. The van der Waals surface area contributed by atoms with Crippen LogP contribution < -0.4 is 4.90 Å². The van der Waals surface area contributed by atoms with Crippen molar-refractivity contribution >= 4 is 39.6 Å². The van der Waals surface area contributed by atoms with Crippen molar-refractivity contribution in [2.75, 3.05) is 4.90 Å². The van der Waals surface area contributed by atoms with E-state index in [9.17, 15) is 9.59 Å². The predicted octanol–water partition coefficient (Wildman–Crippen LogP) is 2.20. The summed E-state index contributed by atoms with van der Waals surface area (Å²) >= 11 is 1.48. The highest BCUT2D eigenvalue weighted by molar-refractivity contribution is 7.16. The third-order valence-electron chi connectivity index (χ3n) is 2.27. The summed E-state index contributed by atoms with van der Waals surface area (Å²) < 4.78 is 0.966. The zero-order chi connectivity index (χ0) is 11.5. The first kappa shape index (κ1) is 10.8. The minimum Gasteiger partial charge on any atom is -0.278 e. The standard InChI is InChI=1S/C11H10N2O2S/c1-2-11(15)13(7-14)8-3-4-9-10(5-8)16-6-12-9/h3-7H,2H2,1H3. The molecule has 82 valence electrons. The van der Waals surface area contributed by atoms with Gasteiger partial charge in [-0.3, -0.25) is 14.5 Å². The fraction of sp³-hybridized carbons (Fsp3) is 0.182. The van der Waals surface area contributed by atoms with E-state index in [-0.39, 0.29) is 5.91 Å². The number of carbonyl (C=O) groups is 2. The second-order valence-corrected chi connectivity index (χ2v) is 4.11. The Morgan fingerprint density at radius 1 is 1.56 bits per heavy atom. The summed E-state index contributed by atoms with van der Waals surface area (Å²) in [5.74, 6) is -0.209. The van der Waals surface area contributed by atoms with E-state index in [1.807, 2.05) is 0 Å². The number of fused-ring (bicyclic) bond motifs is 1. The zero-order valence-corrected chi connectivity index (χ0v) is 9.53. The molecule has 2 aromatic rings. The van der Waals surface area contributed by atoms with Gasteiger partial charge in [0.2, 0.25) is 12.3 Å². The first-order valence-corrected chi connectivity index (χ1v) is 5.75. The lowest BCUT2D eigenvalue weighted by Crippen LogP contribution is -2.28. The van der Waals surface area contributed by atoms with Crippen molar-refractivity contribution in [1.29, 1.82) is 0 Å². The topological polar surface area (TPSA) is 50.3 Å². The Kier molecular flexibility index (Phi) is 2.96. The number of rotatable bonds is 3. The van der Waals surface area contributed by atoms with Crippen LogP contribution in [0.3, 0.4) is 0 Å².